The maximum atomic E-state index is 13.7. The Morgan fingerprint density at radius 3 is 2.22 bits per heavy atom. The number of hydrogen-bond acceptors (Lipinski definition) is 4. The third kappa shape index (κ3) is 3.38. The van der Waals surface area contributed by atoms with Crippen molar-refractivity contribution in [2.45, 2.75) is 82.0 Å². The Morgan fingerprint density at radius 1 is 0.969 bits per heavy atom. The first kappa shape index (κ1) is 20.7. The highest BCUT2D eigenvalue weighted by Crippen LogP contribution is 2.43. The Kier molecular flexibility index (Phi) is 5.06. The topological polar surface area (TPSA) is 53.1 Å². The largest absolute Gasteiger partial charge is 0.375 e. The summed E-state index contributed by atoms with van der Waals surface area (Å²) >= 11 is 0. The molecule has 1 aromatic rings. The van der Waals surface area contributed by atoms with Crippen LogP contribution >= 0.6 is 0 Å². The van der Waals surface area contributed by atoms with Crippen molar-refractivity contribution < 1.29 is 14.3 Å². The lowest BCUT2D eigenvalue weighted by Gasteiger charge is -2.43. The van der Waals surface area contributed by atoms with Gasteiger partial charge < -0.3 is 14.5 Å². The zero-order valence-electron chi connectivity index (χ0n) is 19.2. The second-order valence-corrected chi connectivity index (χ2v) is 10.7. The van der Waals surface area contributed by atoms with Crippen molar-refractivity contribution in [3.63, 3.8) is 0 Å². The molecule has 5 fully saturated rings. The highest BCUT2D eigenvalue weighted by molar-refractivity contribution is 6.23. The zero-order chi connectivity index (χ0) is 21.9. The van der Waals surface area contributed by atoms with E-state index in [1.807, 2.05) is 24.0 Å². The maximum absolute atomic E-state index is 13.7. The van der Waals surface area contributed by atoms with E-state index in [-0.39, 0.29) is 11.9 Å². The fourth-order valence-corrected chi connectivity index (χ4v) is 6.76. The summed E-state index contributed by atoms with van der Waals surface area (Å²) in [6.07, 6.45) is 9.73. The second kappa shape index (κ2) is 7.84. The Labute approximate surface area is 190 Å². The fraction of sp³-hybridized carbons (Fsp3) is 0.692. The average molecular weight is 438 g/mol. The van der Waals surface area contributed by atoms with E-state index in [0.717, 1.165) is 38.2 Å². The molecular formula is C26H35N3O3. The summed E-state index contributed by atoms with van der Waals surface area (Å²) < 4.78 is 6.01. The summed E-state index contributed by atoms with van der Waals surface area (Å²) in [5.74, 6) is 1.36. The van der Waals surface area contributed by atoms with Gasteiger partial charge in [0, 0.05) is 26.2 Å². The molecular weight excluding hydrogens is 402 g/mol. The Bertz CT molecular complexity index is 876. The molecule has 6 nitrogen and oxygen atoms in total. The van der Waals surface area contributed by atoms with Crippen LogP contribution < -0.4 is 4.90 Å². The maximum Gasteiger partial charge on any atom is 0.332 e. The predicted molar refractivity (Wildman–Crippen MR) is 123 cm³/mol. The minimum Gasteiger partial charge on any atom is -0.375 e. The summed E-state index contributed by atoms with van der Waals surface area (Å²) in [5, 5.41) is 0. The van der Waals surface area contributed by atoms with Crippen LogP contribution in [0.5, 0.6) is 0 Å². The molecule has 0 radical (unpaired) electrons. The van der Waals surface area contributed by atoms with Gasteiger partial charge in [0.05, 0.1) is 17.9 Å². The quantitative estimate of drug-likeness (QED) is 0.650. The predicted octanol–water partition coefficient (Wildman–Crippen LogP) is 4.14. The number of piperidine rings is 1. The van der Waals surface area contributed by atoms with Crippen molar-refractivity contribution in [1.82, 2.24) is 9.80 Å². The van der Waals surface area contributed by atoms with Gasteiger partial charge in [-0.1, -0.05) is 12.1 Å². The number of likely N-dealkylation sites (N-methyl/N-ethyl adjacent to an activating group) is 1. The van der Waals surface area contributed by atoms with Crippen LogP contribution in [0.25, 0.3) is 0 Å². The highest BCUT2D eigenvalue weighted by atomic mass is 16.5. The van der Waals surface area contributed by atoms with E-state index >= 15 is 0 Å². The first-order valence-corrected chi connectivity index (χ1v) is 12.7. The first-order valence-electron chi connectivity index (χ1n) is 12.7. The van der Waals surface area contributed by atoms with Crippen LogP contribution in [0.4, 0.5) is 10.5 Å². The molecule has 1 aromatic carbocycles. The van der Waals surface area contributed by atoms with Gasteiger partial charge in [-0.2, -0.15) is 0 Å². The number of benzene rings is 1. The molecule has 4 aliphatic heterocycles. The molecule has 1 saturated carbocycles. The molecule has 4 saturated heterocycles. The van der Waals surface area contributed by atoms with E-state index in [0.29, 0.717) is 30.6 Å². The monoisotopic (exact) mass is 437 g/mol. The number of likely N-dealkylation sites (tertiary alicyclic amines) is 1. The van der Waals surface area contributed by atoms with Gasteiger partial charge in [-0.25, -0.2) is 9.69 Å². The molecule has 2 atom stereocenters. The number of amides is 3. The summed E-state index contributed by atoms with van der Waals surface area (Å²) in [5.41, 5.74) is 1.37. The fourth-order valence-electron chi connectivity index (χ4n) is 6.76. The second-order valence-electron chi connectivity index (χ2n) is 10.7. The van der Waals surface area contributed by atoms with Crippen molar-refractivity contribution in [3.8, 4) is 0 Å². The molecule has 1 spiro atoms. The molecule has 172 valence electrons. The molecule has 4 heterocycles. The van der Waals surface area contributed by atoms with E-state index in [2.05, 4.69) is 17.0 Å². The van der Waals surface area contributed by atoms with Gasteiger partial charge in [0.2, 0.25) is 0 Å². The normalized spacial score (nSPS) is 32.3. The molecule has 0 aromatic heterocycles. The summed E-state index contributed by atoms with van der Waals surface area (Å²) in [6.45, 7) is 5.45. The van der Waals surface area contributed by atoms with Gasteiger partial charge in [-0.15, -0.1) is 0 Å². The number of hydrogen-bond donors (Lipinski definition) is 0. The molecule has 32 heavy (non-hydrogen) atoms. The van der Waals surface area contributed by atoms with Crippen molar-refractivity contribution in [1.29, 1.82) is 0 Å². The van der Waals surface area contributed by atoms with Gasteiger partial charge in [0.25, 0.3) is 5.91 Å². The van der Waals surface area contributed by atoms with Crippen LogP contribution in [0.1, 0.15) is 69.8 Å². The number of nitrogens with zero attached hydrogens (tertiary/aromatic N) is 3. The molecule has 6 rings (SSSR count). The van der Waals surface area contributed by atoms with Crippen LogP contribution in [0.3, 0.4) is 0 Å². The molecule has 5 aliphatic rings. The molecule has 1 aliphatic carbocycles. The van der Waals surface area contributed by atoms with Gasteiger partial charge in [-0.3, -0.25) is 4.79 Å². The van der Waals surface area contributed by atoms with Crippen molar-refractivity contribution >= 4 is 17.6 Å². The van der Waals surface area contributed by atoms with Gasteiger partial charge in [0.15, 0.2) is 0 Å². The summed E-state index contributed by atoms with van der Waals surface area (Å²) in [4.78, 5) is 32.9. The Hall–Kier alpha value is -1.92. The van der Waals surface area contributed by atoms with E-state index in [1.54, 1.807) is 0 Å². The molecule has 3 amide bonds. The van der Waals surface area contributed by atoms with Crippen LogP contribution in [-0.2, 0) is 9.53 Å². The Balaban J connectivity index is 1.15. The van der Waals surface area contributed by atoms with Gasteiger partial charge in [0.1, 0.15) is 5.54 Å². The van der Waals surface area contributed by atoms with Gasteiger partial charge in [-0.05, 0) is 87.8 Å². The first-order chi connectivity index (χ1) is 15.6. The van der Waals surface area contributed by atoms with Crippen LogP contribution in [0.15, 0.2) is 24.3 Å². The minimum absolute atomic E-state index is 0.0210. The standard InChI is InChI=1S/C26H35N3O3/c1-2-28-25(31)29(21-7-5-20(6-8-21)19-3-4-19)24(30)26(28)11-13-27(14-12-26)17-18-15-22-9-10-23(16-18)32-22/h5-8,18-19,22-23H,2-4,9-17H2,1H3. The summed E-state index contributed by atoms with van der Waals surface area (Å²) in [6, 6.07) is 7.97. The average Bonchev–Trinajstić information content (AvgIpc) is 3.56. The number of rotatable bonds is 5. The van der Waals surface area contributed by atoms with E-state index in [1.165, 1.54) is 49.0 Å². The molecule has 6 heteroatoms. The number of imide groups is 1. The lowest BCUT2D eigenvalue weighted by Crippen LogP contribution is -2.57. The third-order valence-corrected chi connectivity index (χ3v) is 8.64. The van der Waals surface area contributed by atoms with Crippen molar-refractivity contribution in [3.05, 3.63) is 29.8 Å². The minimum atomic E-state index is -0.674. The molecule has 2 bridgehead atoms. The summed E-state index contributed by atoms with van der Waals surface area (Å²) in [7, 11) is 0. The smallest absolute Gasteiger partial charge is 0.332 e. The SMILES string of the molecule is CCN1C(=O)N(c2ccc(C3CC3)cc2)C(=O)C12CCN(CC1CC3CCC(C1)O3)CC2. The molecule has 2 unspecified atom stereocenters. The number of urea groups is 1. The van der Waals surface area contributed by atoms with Crippen molar-refractivity contribution in [2.75, 3.05) is 31.1 Å². The number of anilines is 1. The van der Waals surface area contributed by atoms with Crippen LogP contribution in [0, 0.1) is 5.92 Å². The van der Waals surface area contributed by atoms with Crippen molar-refractivity contribution in [2.24, 2.45) is 5.92 Å². The van der Waals surface area contributed by atoms with Crippen LogP contribution in [0.2, 0.25) is 0 Å². The third-order valence-electron chi connectivity index (χ3n) is 8.64. The Morgan fingerprint density at radius 2 is 1.62 bits per heavy atom. The van der Waals surface area contributed by atoms with Gasteiger partial charge >= 0.3 is 6.03 Å². The zero-order valence-corrected chi connectivity index (χ0v) is 19.2. The lowest BCUT2D eigenvalue weighted by molar-refractivity contribution is -0.127. The van der Waals surface area contributed by atoms with E-state index < -0.39 is 5.54 Å². The highest BCUT2D eigenvalue weighted by Gasteiger charge is 2.58. The van der Waals surface area contributed by atoms with E-state index in [9.17, 15) is 9.59 Å². The number of carbonyl (C=O) groups is 2. The molecule has 0 N–H and O–H groups in total. The lowest BCUT2D eigenvalue weighted by atomic mass is 9.85. The number of fused-ring (bicyclic) bond motifs is 2. The number of carbonyl (C=O) groups excluding carboxylic acids is 2. The van der Waals surface area contributed by atoms with E-state index in [4.69, 9.17) is 4.74 Å². The number of ether oxygens (including phenoxy) is 1. The van der Waals surface area contributed by atoms with Crippen LogP contribution in [-0.4, -0.2) is 65.7 Å².